The van der Waals surface area contributed by atoms with Crippen molar-refractivity contribution in [2.24, 2.45) is 0 Å². The molecule has 0 saturated carbocycles. The SMILES string of the molecule is OCc1ccc(Cn2ccc(-c3ccc(F)cc3)n2)cc1. The lowest BCUT2D eigenvalue weighted by atomic mass is 10.1. The predicted molar refractivity (Wildman–Crippen MR) is 79.1 cm³/mol. The van der Waals surface area contributed by atoms with Gasteiger partial charge in [0, 0.05) is 11.8 Å². The summed E-state index contributed by atoms with van der Waals surface area (Å²) >= 11 is 0. The number of hydrogen-bond acceptors (Lipinski definition) is 2. The van der Waals surface area contributed by atoms with Crippen LogP contribution in [0.3, 0.4) is 0 Å². The molecule has 1 heterocycles. The van der Waals surface area contributed by atoms with Crippen LogP contribution in [0.5, 0.6) is 0 Å². The third-order valence-corrected chi connectivity index (χ3v) is 3.33. The smallest absolute Gasteiger partial charge is 0.123 e. The van der Waals surface area contributed by atoms with Crippen LogP contribution in [-0.4, -0.2) is 14.9 Å². The molecule has 0 spiro atoms. The van der Waals surface area contributed by atoms with Gasteiger partial charge in [-0.2, -0.15) is 5.10 Å². The molecule has 0 bridgehead atoms. The lowest BCUT2D eigenvalue weighted by molar-refractivity contribution is 0.282. The first-order valence-electron chi connectivity index (χ1n) is 6.73. The summed E-state index contributed by atoms with van der Waals surface area (Å²) in [6.45, 7) is 0.712. The Bertz CT molecular complexity index is 717. The molecule has 3 nitrogen and oxygen atoms in total. The van der Waals surface area contributed by atoms with Gasteiger partial charge in [0.25, 0.3) is 0 Å². The summed E-state index contributed by atoms with van der Waals surface area (Å²) in [4.78, 5) is 0. The summed E-state index contributed by atoms with van der Waals surface area (Å²) in [5.41, 5.74) is 3.72. The Hall–Kier alpha value is -2.46. The maximum absolute atomic E-state index is 12.9. The van der Waals surface area contributed by atoms with Gasteiger partial charge < -0.3 is 5.11 Å². The maximum Gasteiger partial charge on any atom is 0.123 e. The van der Waals surface area contributed by atoms with E-state index in [0.717, 1.165) is 22.4 Å². The molecular weight excluding hydrogens is 267 g/mol. The van der Waals surface area contributed by atoms with Gasteiger partial charge in [0.2, 0.25) is 0 Å². The van der Waals surface area contributed by atoms with Gasteiger partial charge in [0.1, 0.15) is 5.82 Å². The van der Waals surface area contributed by atoms with E-state index in [1.165, 1.54) is 12.1 Å². The van der Waals surface area contributed by atoms with Crippen molar-refractivity contribution < 1.29 is 9.50 Å². The number of nitrogens with zero attached hydrogens (tertiary/aromatic N) is 2. The van der Waals surface area contributed by atoms with Gasteiger partial charge in [0.15, 0.2) is 0 Å². The fourth-order valence-corrected chi connectivity index (χ4v) is 2.16. The topological polar surface area (TPSA) is 38.0 Å². The van der Waals surface area contributed by atoms with Crippen molar-refractivity contribution in [1.29, 1.82) is 0 Å². The molecule has 21 heavy (non-hydrogen) atoms. The monoisotopic (exact) mass is 282 g/mol. The van der Waals surface area contributed by atoms with Gasteiger partial charge >= 0.3 is 0 Å². The van der Waals surface area contributed by atoms with E-state index in [4.69, 9.17) is 5.11 Å². The number of hydrogen-bond donors (Lipinski definition) is 1. The standard InChI is InChI=1S/C17H15FN2O/c18-16-7-5-15(6-8-16)17-9-10-20(19-17)11-13-1-3-14(12-21)4-2-13/h1-10,21H,11-12H2. The van der Waals surface area contributed by atoms with Gasteiger partial charge in [0.05, 0.1) is 18.8 Å². The van der Waals surface area contributed by atoms with Gasteiger partial charge in [-0.1, -0.05) is 24.3 Å². The van der Waals surface area contributed by atoms with E-state index in [2.05, 4.69) is 5.10 Å². The van der Waals surface area contributed by atoms with Crippen LogP contribution in [0.4, 0.5) is 4.39 Å². The first-order chi connectivity index (χ1) is 10.2. The Balaban J connectivity index is 1.76. The van der Waals surface area contributed by atoms with Crippen LogP contribution in [0, 0.1) is 5.82 Å². The molecule has 0 atom stereocenters. The highest BCUT2D eigenvalue weighted by Crippen LogP contribution is 2.17. The molecule has 2 aromatic carbocycles. The molecule has 3 rings (SSSR count). The molecule has 1 aromatic heterocycles. The van der Waals surface area contributed by atoms with Crippen LogP contribution in [0.2, 0.25) is 0 Å². The van der Waals surface area contributed by atoms with Crippen LogP contribution in [0.25, 0.3) is 11.3 Å². The molecule has 0 aliphatic carbocycles. The van der Waals surface area contributed by atoms with Crippen molar-refractivity contribution in [3.63, 3.8) is 0 Å². The number of halogens is 1. The number of aliphatic hydroxyl groups is 1. The van der Waals surface area contributed by atoms with Crippen LogP contribution in [0.15, 0.2) is 60.8 Å². The summed E-state index contributed by atoms with van der Waals surface area (Å²) < 4.78 is 14.8. The molecule has 0 radical (unpaired) electrons. The fraction of sp³-hybridized carbons (Fsp3) is 0.118. The zero-order chi connectivity index (χ0) is 14.7. The first kappa shape index (κ1) is 13.5. The molecule has 0 fully saturated rings. The molecule has 1 N–H and O–H groups in total. The molecule has 3 aromatic rings. The minimum Gasteiger partial charge on any atom is -0.392 e. The highest BCUT2D eigenvalue weighted by Gasteiger charge is 2.03. The molecule has 4 heteroatoms. The van der Waals surface area contributed by atoms with Gasteiger partial charge in [-0.05, 0) is 41.5 Å². The largest absolute Gasteiger partial charge is 0.392 e. The molecule has 0 aliphatic heterocycles. The highest BCUT2D eigenvalue weighted by atomic mass is 19.1. The van der Waals surface area contributed by atoms with Crippen molar-refractivity contribution in [2.45, 2.75) is 13.2 Å². The van der Waals surface area contributed by atoms with Crippen molar-refractivity contribution >= 4 is 0 Å². The Morgan fingerprint density at radius 3 is 2.24 bits per heavy atom. The summed E-state index contributed by atoms with van der Waals surface area (Å²) in [5.74, 6) is -0.248. The normalized spacial score (nSPS) is 10.8. The zero-order valence-electron chi connectivity index (χ0n) is 11.4. The molecular formula is C17H15FN2O. The number of aromatic nitrogens is 2. The van der Waals surface area contributed by atoms with Crippen LogP contribution < -0.4 is 0 Å². The Labute approximate surface area is 122 Å². The second-order valence-electron chi connectivity index (χ2n) is 4.88. The van der Waals surface area contributed by atoms with Gasteiger partial charge in [-0.3, -0.25) is 4.68 Å². The molecule has 0 amide bonds. The van der Waals surface area contributed by atoms with Gasteiger partial charge in [-0.15, -0.1) is 0 Å². The molecule has 0 aliphatic rings. The zero-order valence-corrected chi connectivity index (χ0v) is 11.4. The van der Waals surface area contributed by atoms with Crippen molar-refractivity contribution in [3.8, 4) is 11.3 Å². The maximum atomic E-state index is 12.9. The van der Waals surface area contributed by atoms with E-state index in [-0.39, 0.29) is 12.4 Å². The first-order valence-corrected chi connectivity index (χ1v) is 6.73. The average Bonchev–Trinajstić information content (AvgIpc) is 2.97. The third-order valence-electron chi connectivity index (χ3n) is 3.33. The summed E-state index contributed by atoms with van der Waals surface area (Å²) in [7, 11) is 0. The summed E-state index contributed by atoms with van der Waals surface area (Å²) in [6, 6.07) is 16.0. The van der Waals surface area contributed by atoms with Crippen LogP contribution in [0.1, 0.15) is 11.1 Å². The minimum absolute atomic E-state index is 0.0523. The van der Waals surface area contributed by atoms with Crippen molar-refractivity contribution in [1.82, 2.24) is 9.78 Å². The van der Waals surface area contributed by atoms with E-state index in [1.54, 1.807) is 12.1 Å². The molecule has 0 saturated heterocycles. The van der Waals surface area contributed by atoms with Gasteiger partial charge in [-0.25, -0.2) is 4.39 Å². The Morgan fingerprint density at radius 1 is 0.905 bits per heavy atom. The van der Waals surface area contributed by atoms with Crippen LogP contribution >= 0.6 is 0 Å². The second kappa shape index (κ2) is 5.89. The van der Waals surface area contributed by atoms with E-state index >= 15 is 0 Å². The quantitative estimate of drug-likeness (QED) is 0.798. The predicted octanol–water partition coefficient (Wildman–Crippen LogP) is 3.23. The van der Waals surface area contributed by atoms with Crippen LogP contribution in [-0.2, 0) is 13.2 Å². The minimum atomic E-state index is -0.248. The molecule has 0 unspecified atom stereocenters. The lowest BCUT2D eigenvalue weighted by Crippen LogP contribution is -2.00. The van der Waals surface area contributed by atoms with E-state index in [1.807, 2.05) is 41.2 Å². The fourth-order valence-electron chi connectivity index (χ4n) is 2.16. The average molecular weight is 282 g/mol. The lowest BCUT2D eigenvalue weighted by Gasteiger charge is -2.03. The summed E-state index contributed by atoms with van der Waals surface area (Å²) in [5, 5.41) is 13.5. The third kappa shape index (κ3) is 3.17. The highest BCUT2D eigenvalue weighted by molar-refractivity contribution is 5.58. The summed E-state index contributed by atoms with van der Waals surface area (Å²) in [6.07, 6.45) is 1.90. The van der Waals surface area contributed by atoms with E-state index in [0.29, 0.717) is 6.54 Å². The van der Waals surface area contributed by atoms with E-state index < -0.39 is 0 Å². The van der Waals surface area contributed by atoms with E-state index in [9.17, 15) is 4.39 Å². The molecule has 106 valence electrons. The van der Waals surface area contributed by atoms with Crippen molar-refractivity contribution in [2.75, 3.05) is 0 Å². The number of benzene rings is 2. The Morgan fingerprint density at radius 2 is 1.57 bits per heavy atom. The second-order valence-corrected chi connectivity index (χ2v) is 4.88. The number of rotatable bonds is 4. The Kier molecular flexibility index (Phi) is 3.79. The van der Waals surface area contributed by atoms with Crippen molar-refractivity contribution in [3.05, 3.63) is 77.7 Å². The number of aliphatic hydroxyl groups excluding tert-OH is 1.